The fourth-order valence-electron chi connectivity index (χ4n) is 2.03. The number of rotatable bonds is 5. The first-order chi connectivity index (χ1) is 7.02. The average molecular weight is 236 g/mol. The van der Waals surface area contributed by atoms with E-state index in [2.05, 4.69) is 0 Å². The number of hydrogen-bond acceptors (Lipinski definition) is 2. The summed E-state index contributed by atoms with van der Waals surface area (Å²) in [6, 6.07) is 0. The van der Waals surface area contributed by atoms with E-state index in [1.54, 1.807) is 0 Å². The minimum Gasteiger partial charge on any atom is -0.362 e. The summed E-state index contributed by atoms with van der Waals surface area (Å²) in [5.74, 6) is 0. The van der Waals surface area contributed by atoms with Crippen LogP contribution in [0.4, 0.5) is 0 Å². The summed E-state index contributed by atoms with van der Waals surface area (Å²) in [4.78, 5) is 18.8. The van der Waals surface area contributed by atoms with Gasteiger partial charge in [-0.25, -0.2) is 0 Å². The molecule has 5 heteroatoms. The molecule has 4 nitrogen and oxygen atoms in total. The maximum absolute atomic E-state index is 11.5. The highest BCUT2D eigenvalue weighted by atomic mass is 31.2. The van der Waals surface area contributed by atoms with Crippen LogP contribution in [0.15, 0.2) is 0 Å². The molecule has 0 spiro atoms. The second kappa shape index (κ2) is 5.44. The van der Waals surface area contributed by atoms with Crippen LogP contribution in [-0.4, -0.2) is 21.7 Å². The SMILES string of the molecule is CCCCOC1(P(=O)(O)O)CCCCC1. The third-order valence-corrected chi connectivity index (χ3v) is 4.67. The molecule has 1 aliphatic carbocycles. The Morgan fingerprint density at radius 3 is 2.33 bits per heavy atom. The first-order valence-electron chi connectivity index (χ1n) is 5.71. The van der Waals surface area contributed by atoms with Gasteiger partial charge in [-0.1, -0.05) is 19.8 Å². The van der Waals surface area contributed by atoms with Gasteiger partial charge in [0.05, 0.1) is 0 Å². The summed E-state index contributed by atoms with van der Waals surface area (Å²) in [7, 11) is -4.13. The van der Waals surface area contributed by atoms with E-state index in [0.717, 1.165) is 32.1 Å². The highest BCUT2D eigenvalue weighted by molar-refractivity contribution is 7.53. The van der Waals surface area contributed by atoms with E-state index in [4.69, 9.17) is 4.74 Å². The van der Waals surface area contributed by atoms with E-state index in [9.17, 15) is 14.4 Å². The Hall–Kier alpha value is 0.110. The zero-order valence-corrected chi connectivity index (χ0v) is 10.2. The summed E-state index contributed by atoms with van der Waals surface area (Å²) >= 11 is 0. The molecule has 0 aromatic heterocycles. The molecule has 1 aliphatic rings. The van der Waals surface area contributed by atoms with Crippen LogP contribution < -0.4 is 0 Å². The molecule has 0 aromatic rings. The molecule has 1 saturated carbocycles. The minimum atomic E-state index is -4.13. The van der Waals surface area contributed by atoms with Crippen LogP contribution in [0.5, 0.6) is 0 Å². The van der Waals surface area contributed by atoms with Crippen molar-refractivity contribution in [3.63, 3.8) is 0 Å². The summed E-state index contributed by atoms with van der Waals surface area (Å²) in [5, 5.41) is -1.17. The van der Waals surface area contributed by atoms with E-state index in [0.29, 0.717) is 19.4 Å². The first-order valence-corrected chi connectivity index (χ1v) is 7.33. The second-order valence-corrected chi connectivity index (χ2v) is 6.16. The van der Waals surface area contributed by atoms with E-state index >= 15 is 0 Å². The lowest BCUT2D eigenvalue weighted by atomic mass is 9.97. The molecule has 90 valence electrons. The molecule has 0 saturated heterocycles. The lowest BCUT2D eigenvalue weighted by molar-refractivity contribution is -0.0261. The molecule has 0 aromatic carbocycles. The van der Waals surface area contributed by atoms with Crippen molar-refractivity contribution in [1.82, 2.24) is 0 Å². The summed E-state index contributed by atoms with van der Waals surface area (Å²) in [6.45, 7) is 2.50. The first kappa shape index (κ1) is 13.2. The summed E-state index contributed by atoms with van der Waals surface area (Å²) < 4.78 is 17.0. The standard InChI is InChI=1S/C10H21O4P/c1-2-3-9-14-10(15(11,12)13)7-5-4-6-8-10/h2-9H2,1H3,(H2,11,12,13). The van der Waals surface area contributed by atoms with E-state index in [1.807, 2.05) is 6.92 Å². The van der Waals surface area contributed by atoms with Gasteiger partial charge in [-0.2, -0.15) is 0 Å². The van der Waals surface area contributed by atoms with Crippen LogP contribution >= 0.6 is 7.60 Å². The van der Waals surface area contributed by atoms with Gasteiger partial charge in [-0.05, 0) is 32.1 Å². The van der Waals surface area contributed by atoms with Gasteiger partial charge >= 0.3 is 7.60 Å². The lowest BCUT2D eigenvalue weighted by Crippen LogP contribution is -2.35. The largest absolute Gasteiger partial charge is 0.362 e. The molecule has 0 radical (unpaired) electrons. The summed E-state index contributed by atoms with van der Waals surface area (Å²) in [5.41, 5.74) is 0. The maximum Gasteiger partial charge on any atom is 0.357 e. The maximum atomic E-state index is 11.5. The van der Waals surface area contributed by atoms with Crippen LogP contribution in [0.1, 0.15) is 51.9 Å². The zero-order valence-electron chi connectivity index (χ0n) is 9.31. The average Bonchev–Trinajstić information content (AvgIpc) is 2.18. The van der Waals surface area contributed by atoms with Gasteiger partial charge in [0.15, 0.2) is 5.34 Å². The fourth-order valence-corrected chi connectivity index (χ4v) is 3.19. The normalized spacial score (nSPS) is 21.5. The Morgan fingerprint density at radius 1 is 1.27 bits per heavy atom. The van der Waals surface area contributed by atoms with Crippen molar-refractivity contribution in [3.05, 3.63) is 0 Å². The quantitative estimate of drug-likeness (QED) is 0.568. The smallest absolute Gasteiger partial charge is 0.357 e. The van der Waals surface area contributed by atoms with Crippen LogP contribution in [-0.2, 0) is 9.30 Å². The molecule has 15 heavy (non-hydrogen) atoms. The highest BCUT2D eigenvalue weighted by Crippen LogP contribution is 2.58. The van der Waals surface area contributed by atoms with Gasteiger partial charge in [0.25, 0.3) is 0 Å². The monoisotopic (exact) mass is 236 g/mol. The number of ether oxygens (including phenoxy) is 1. The molecule has 2 N–H and O–H groups in total. The highest BCUT2D eigenvalue weighted by Gasteiger charge is 2.48. The van der Waals surface area contributed by atoms with Crippen LogP contribution in [0.3, 0.4) is 0 Å². The van der Waals surface area contributed by atoms with Gasteiger partial charge in [0.2, 0.25) is 0 Å². The zero-order chi connectivity index (χ0) is 11.4. The molecule has 0 aliphatic heterocycles. The van der Waals surface area contributed by atoms with Crippen LogP contribution in [0, 0.1) is 0 Å². The van der Waals surface area contributed by atoms with Gasteiger partial charge in [-0.3, -0.25) is 4.57 Å². The van der Waals surface area contributed by atoms with Crippen molar-refractivity contribution in [2.45, 2.75) is 57.2 Å². The number of hydrogen-bond donors (Lipinski definition) is 2. The Kier molecular flexibility index (Phi) is 4.78. The molecular weight excluding hydrogens is 215 g/mol. The molecule has 0 atom stereocenters. The Balaban J connectivity index is 2.63. The van der Waals surface area contributed by atoms with Crippen molar-refractivity contribution in [1.29, 1.82) is 0 Å². The Bertz CT molecular complexity index is 230. The van der Waals surface area contributed by atoms with Crippen LogP contribution in [0.25, 0.3) is 0 Å². The van der Waals surface area contributed by atoms with E-state index < -0.39 is 12.9 Å². The number of unbranched alkanes of at least 4 members (excludes halogenated alkanes) is 1. The van der Waals surface area contributed by atoms with Gasteiger partial charge in [0, 0.05) is 6.61 Å². The predicted octanol–water partition coefficient (Wildman–Crippen LogP) is 2.64. The fraction of sp³-hybridized carbons (Fsp3) is 1.00. The molecule has 0 bridgehead atoms. The topological polar surface area (TPSA) is 66.8 Å². The third kappa shape index (κ3) is 3.28. The van der Waals surface area contributed by atoms with E-state index in [1.165, 1.54) is 0 Å². The molecule has 0 amide bonds. The molecule has 1 fully saturated rings. The third-order valence-electron chi connectivity index (χ3n) is 3.03. The summed E-state index contributed by atoms with van der Waals surface area (Å²) in [6.07, 6.45) is 5.62. The van der Waals surface area contributed by atoms with Crippen molar-refractivity contribution in [3.8, 4) is 0 Å². The van der Waals surface area contributed by atoms with Gasteiger partial charge in [-0.15, -0.1) is 0 Å². The van der Waals surface area contributed by atoms with E-state index in [-0.39, 0.29) is 0 Å². The molecular formula is C10H21O4P. The van der Waals surface area contributed by atoms with Crippen molar-refractivity contribution in [2.24, 2.45) is 0 Å². The Morgan fingerprint density at radius 2 is 1.87 bits per heavy atom. The Labute approximate surface area is 91.2 Å². The molecule has 0 unspecified atom stereocenters. The second-order valence-electron chi connectivity index (χ2n) is 4.25. The van der Waals surface area contributed by atoms with Crippen molar-refractivity contribution >= 4 is 7.60 Å². The molecule has 0 heterocycles. The van der Waals surface area contributed by atoms with Gasteiger partial charge in [0.1, 0.15) is 0 Å². The predicted molar refractivity (Wildman–Crippen MR) is 58.7 cm³/mol. The van der Waals surface area contributed by atoms with Crippen LogP contribution in [0.2, 0.25) is 0 Å². The van der Waals surface area contributed by atoms with Gasteiger partial charge < -0.3 is 14.5 Å². The van der Waals surface area contributed by atoms with Crippen molar-refractivity contribution < 1.29 is 19.1 Å². The molecule has 1 rings (SSSR count). The van der Waals surface area contributed by atoms with Crippen molar-refractivity contribution in [2.75, 3.05) is 6.61 Å². The lowest BCUT2D eigenvalue weighted by Gasteiger charge is -2.37. The minimum absolute atomic E-state index is 0.460.